The van der Waals surface area contributed by atoms with Crippen LogP contribution >= 0.6 is 11.6 Å². The molecule has 1 heterocycles. The lowest BCUT2D eigenvalue weighted by Gasteiger charge is -2.24. The molecule has 0 aliphatic carbocycles. The van der Waals surface area contributed by atoms with E-state index in [9.17, 15) is 19.8 Å². The minimum atomic E-state index is -1.13. The zero-order valence-electron chi connectivity index (χ0n) is 18.4. The molecule has 33 heavy (non-hydrogen) atoms. The van der Waals surface area contributed by atoms with Gasteiger partial charge in [0.25, 0.3) is 11.8 Å². The highest BCUT2D eigenvalue weighted by Gasteiger charge is 2.31. The summed E-state index contributed by atoms with van der Waals surface area (Å²) in [5, 5.41) is 24.1. The van der Waals surface area contributed by atoms with Gasteiger partial charge in [-0.25, -0.2) is 0 Å². The molecule has 3 N–H and O–H groups in total. The van der Waals surface area contributed by atoms with Crippen molar-refractivity contribution in [1.82, 2.24) is 0 Å². The van der Waals surface area contributed by atoms with Crippen molar-refractivity contribution in [1.29, 1.82) is 0 Å². The van der Waals surface area contributed by atoms with E-state index in [-0.39, 0.29) is 24.8 Å². The van der Waals surface area contributed by atoms with Crippen molar-refractivity contribution in [3.63, 3.8) is 0 Å². The maximum Gasteiger partial charge on any atom is 0.258 e. The fourth-order valence-electron chi connectivity index (χ4n) is 4.12. The van der Waals surface area contributed by atoms with Gasteiger partial charge < -0.3 is 20.4 Å². The van der Waals surface area contributed by atoms with Crippen LogP contribution in [0.5, 0.6) is 0 Å². The number of halogens is 1. The summed E-state index contributed by atoms with van der Waals surface area (Å²) in [4.78, 5) is 27.7. The van der Waals surface area contributed by atoms with E-state index in [0.29, 0.717) is 38.7 Å². The van der Waals surface area contributed by atoms with Gasteiger partial charge in [0.1, 0.15) is 6.10 Å². The molecule has 2 unspecified atom stereocenters. The normalized spacial score (nSPS) is 17.8. The second-order valence-electron chi connectivity index (χ2n) is 8.26. The van der Waals surface area contributed by atoms with Crippen LogP contribution in [0.15, 0.2) is 60.7 Å². The van der Waals surface area contributed by atoms with Crippen LogP contribution in [-0.2, 0) is 0 Å². The summed E-state index contributed by atoms with van der Waals surface area (Å²) >= 11 is 6.09. The molecule has 6 nitrogen and oxygen atoms in total. The quantitative estimate of drug-likeness (QED) is 0.526. The average molecular weight is 465 g/mol. The molecule has 7 heteroatoms. The second kappa shape index (κ2) is 9.35. The summed E-state index contributed by atoms with van der Waals surface area (Å²) in [6.45, 7) is 3.93. The van der Waals surface area contributed by atoms with Crippen molar-refractivity contribution in [2.75, 3.05) is 16.8 Å². The number of hydrogen-bond acceptors (Lipinski definition) is 4. The number of nitrogens with one attached hydrogen (secondary N) is 1. The number of amides is 2. The second-order valence-corrected chi connectivity index (χ2v) is 8.70. The molecule has 4 rings (SSSR count). The van der Waals surface area contributed by atoms with Crippen LogP contribution in [0.25, 0.3) is 0 Å². The van der Waals surface area contributed by atoms with Crippen LogP contribution in [0.4, 0.5) is 11.4 Å². The Morgan fingerprint density at radius 3 is 2.45 bits per heavy atom. The lowest BCUT2D eigenvalue weighted by atomic mass is 10.0. The van der Waals surface area contributed by atoms with E-state index in [4.69, 9.17) is 11.6 Å². The van der Waals surface area contributed by atoms with Crippen molar-refractivity contribution in [3.05, 3.63) is 93.5 Å². The van der Waals surface area contributed by atoms with Crippen LogP contribution in [0.3, 0.4) is 0 Å². The summed E-state index contributed by atoms with van der Waals surface area (Å²) in [7, 11) is 0. The first kappa shape index (κ1) is 23.0. The first-order chi connectivity index (χ1) is 15.8. The van der Waals surface area contributed by atoms with Crippen LogP contribution < -0.4 is 10.2 Å². The Balaban J connectivity index is 1.61. The molecule has 0 aromatic heterocycles. The molecule has 2 amide bonds. The minimum Gasteiger partial charge on any atom is -0.390 e. The van der Waals surface area contributed by atoms with Gasteiger partial charge in [0.05, 0.1) is 6.10 Å². The van der Waals surface area contributed by atoms with Crippen LogP contribution in [0.2, 0.25) is 5.02 Å². The highest BCUT2D eigenvalue weighted by atomic mass is 35.5. The number of nitrogens with zero attached hydrogens (tertiary/aromatic N) is 1. The highest BCUT2D eigenvalue weighted by Crippen LogP contribution is 2.36. The van der Waals surface area contributed by atoms with Crippen molar-refractivity contribution in [2.45, 2.75) is 32.5 Å². The molecular weight excluding hydrogens is 440 g/mol. The van der Waals surface area contributed by atoms with Gasteiger partial charge in [-0.05, 0) is 73.9 Å². The monoisotopic (exact) mass is 464 g/mol. The lowest BCUT2D eigenvalue weighted by Crippen LogP contribution is -2.33. The third-order valence-corrected chi connectivity index (χ3v) is 6.20. The number of aryl methyl sites for hydroxylation is 2. The fourth-order valence-corrected chi connectivity index (χ4v) is 4.30. The predicted molar refractivity (Wildman–Crippen MR) is 129 cm³/mol. The van der Waals surface area contributed by atoms with E-state index in [0.717, 1.165) is 5.56 Å². The van der Waals surface area contributed by atoms with E-state index < -0.39 is 12.2 Å². The third-order valence-electron chi connectivity index (χ3n) is 5.96. The average Bonchev–Trinajstić information content (AvgIpc) is 2.90. The van der Waals surface area contributed by atoms with E-state index in [1.165, 1.54) is 0 Å². The largest absolute Gasteiger partial charge is 0.390 e. The third kappa shape index (κ3) is 4.64. The van der Waals surface area contributed by atoms with Crippen molar-refractivity contribution in [2.24, 2.45) is 0 Å². The van der Waals surface area contributed by atoms with Gasteiger partial charge in [-0.1, -0.05) is 29.8 Å². The maximum absolute atomic E-state index is 13.5. The standard InChI is InChI=1S/C26H25ClN2O4/c1-15-5-3-4-6-19(15)25(32)28-18-8-9-20(16(2)13-18)26(33)29-12-11-23(30)24(31)21-14-17(27)7-10-22(21)29/h3-10,13-14,23-24,30-31H,11-12H2,1-2H3,(H,28,32). The number of hydrogen-bond donors (Lipinski definition) is 3. The Hall–Kier alpha value is -3.19. The predicted octanol–water partition coefficient (Wildman–Crippen LogP) is 4.65. The molecule has 0 bridgehead atoms. The van der Waals surface area contributed by atoms with Gasteiger partial charge >= 0.3 is 0 Å². The number of anilines is 2. The zero-order valence-corrected chi connectivity index (χ0v) is 19.1. The molecule has 0 fully saturated rings. The summed E-state index contributed by atoms with van der Waals surface area (Å²) in [6.07, 6.45) is -1.90. The molecule has 3 aromatic rings. The van der Waals surface area contributed by atoms with Gasteiger partial charge in [-0.2, -0.15) is 0 Å². The van der Waals surface area contributed by atoms with Crippen LogP contribution in [0.1, 0.15) is 49.9 Å². The van der Waals surface area contributed by atoms with Gasteiger partial charge in [0, 0.05) is 39.6 Å². The number of fused-ring (bicyclic) bond motifs is 1. The SMILES string of the molecule is Cc1ccccc1C(=O)Nc1ccc(C(=O)N2CCC(O)C(O)c3cc(Cl)ccc32)c(C)c1. The Morgan fingerprint density at radius 2 is 1.73 bits per heavy atom. The summed E-state index contributed by atoms with van der Waals surface area (Å²) in [6, 6.07) is 17.4. The number of benzene rings is 3. The van der Waals surface area contributed by atoms with Crippen molar-refractivity contribution >= 4 is 34.8 Å². The van der Waals surface area contributed by atoms with Crippen LogP contribution in [0, 0.1) is 13.8 Å². The molecule has 1 aliphatic rings. The fraction of sp³-hybridized carbons (Fsp3) is 0.231. The molecule has 0 saturated heterocycles. The molecule has 0 radical (unpaired) electrons. The number of aliphatic hydroxyl groups excluding tert-OH is 2. The molecule has 0 spiro atoms. The number of aliphatic hydroxyl groups is 2. The highest BCUT2D eigenvalue weighted by molar-refractivity contribution is 6.30. The Bertz CT molecular complexity index is 1230. The van der Waals surface area contributed by atoms with Gasteiger partial charge in [0.15, 0.2) is 0 Å². The summed E-state index contributed by atoms with van der Waals surface area (Å²) in [5.74, 6) is -0.470. The number of rotatable bonds is 3. The Kier molecular flexibility index (Phi) is 6.51. The number of carbonyl (C=O) groups excluding carboxylic acids is 2. The first-order valence-corrected chi connectivity index (χ1v) is 11.1. The molecule has 3 aromatic carbocycles. The maximum atomic E-state index is 13.5. The lowest BCUT2D eigenvalue weighted by molar-refractivity contribution is 0.0176. The molecule has 1 aliphatic heterocycles. The Labute approximate surface area is 197 Å². The van der Waals surface area contributed by atoms with Gasteiger partial charge in [-0.15, -0.1) is 0 Å². The van der Waals surface area contributed by atoms with E-state index in [1.807, 2.05) is 25.1 Å². The first-order valence-electron chi connectivity index (χ1n) is 10.7. The van der Waals surface area contributed by atoms with E-state index in [2.05, 4.69) is 5.32 Å². The summed E-state index contributed by atoms with van der Waals surface area (Å²) < 4.78 is 0. The van der Waals surface area contributed by atoms with Crippen molar-refractivity contribution in [3.8, 4) is 0 Å². The smallest absolute Gasteiger partial charge is 0.258 e. The molecule has 170 valence electrons. The number of carbonyl (C=O) groups is 2. The van der Waals surface area contributed by atoms with Gasteiger partial charge in [0.2, 0.25) is 0 Å². The van der Waals surface area contributed by atoms with Crippen LogP contribution in [-0.4, -0.2) is 34.7 Å². The Morgan fingerprint density at radius 1 is 0.970 bits per heavy atom. The van der Waals surface area contributed by atoms with Crippen molar-refractivity contribution < 1.29 is 19.8 Å². The van der Waals surface area contributed by atoms with E-state index in [1.54, 1.807) is 54.3 Å². The minimum absolute atomic E-state index is 0.215. The zero-order chi connectivity index (χ0) is 23.7. The molecule has 0 saturated carbocycles. The molecular formula is C26H25ClN2O4. The molecule has 2 atom stereocenters. The topological polar surface area (TPSA) is 89.9 Å². The van der Waals surface area contributed by atoms with E-state index >= 15 is 0 Å². The summed E-state index contributed by atoms with van der Waals surface area (Å²) in [5.41, 5.74) is 4.16. The van der Waals surface area contributed by atoms with Gasteiger partial charge in [-0.3, -0.25) is 9.59 Å².